The van der Waals surface area contributed by atoms with Crippen LogP contribution in [0.1, 0.15) is 31.7 Å². The van der Waals surface area contributed by atoms with E-state index in [0.29, 0.717) is 12.0 Å². The van der Waals surface area contributed by atoms with Gasteiger partial charge in [0.1, 0.15) is 5.82 Å². The molecule has 0 aromatic heterocycles. The van der Waals surface area contributed by atoms with Crippen LogP contribution in [-0.4, -0.2) is 12.7 Å². The van der Waals surface area contributed by atoms with Crippen molar-refractivity contribution in [3.8, 4) is 0 Å². The molecule has 0 amide bonds. The average Bonchev–Trinajstić information content (AvgIpc) is 2.70. The van der Waals surface area contributed by atoms with Crippen LogP contribution in [-0.2, 0) is 10.3 Å². The second kappa shape index (κ2) is 4.52. The maximum Gasteiger partial charge on any atom is 0.128 e. The van der Waals surface area contributed by atoms with Crippen LogP contribution in [0.2, 0.25) is 0 Å². The van der Waals surface area contributed by atoms with Crippen molar-refractivity contribution in [2.24, 2.45) is 5.73 Å². The molecule has 0 aliphatic carbocycles. The zero-order valence-corrected chi connectivity index (χ0v) is 9.58. The molecule has 1 heterocycles. The highest BCUT2D eigenvalue weighted by Gasteiger charge is 2.30. The molecule has 1 fully saturated rings. The lowest BCUT2D eigenvalue weighted by Gasteiger charge is -2.28. The first-order valence-corrected chi connectivity index (χ1v) is 5.75. The van der Waals surface area contributed by atoms with Crippen molar-refractivity contribution in [3.05, 3.63) is 35.6 Å². The highest BCUT2D eigenvalue weighted by Crippen LogP contribution is 2.29. The first-order valence-electron chi connectivity index (χ1n) is 5.75. The normalized spacial score (nSPS) is 24.3. The molecule has 1 aliphatic rings. The summed E-state index contributed by atoms with van der Waals surface area (Å²) in [5.74, 6) is -0.231. The second-order valence-electron chi connectivity index (χ2n) is 4.74. The first kappa shape index (κ1) is 11.6. The molecule has 1 aliphatic heterocycles. The number of hydrogen-bond donors (Lipinski definition) is 1. The largest absolute Gasteiger partial charge is 0.378 e. The molecular formula is C13H18FNO. The lowest BCUT2D eigenvalue weighted by atomic mass is 9.86. The summed E-state index contributed by atoms with van der Waals surface area (Å²) in [7, 11) is 0. The molecule has 0 radical (unpaired) electrons. The smallest absolute Gasteiger partial charge is 0.128 e. The van der Waals surface area contributed by atoms with E-state index in [2.05, 4.69) is 0 Å². The number of ether oxygens (including phenoxy) is 1. The third-order valence-corrected chi connectivity index (χ3v) is 3.16. The first-order chi connectivity index (χ1) is 7.59. The van der Waals surface area contributed by atoms with E-state index in [9.17, 15) is 4.39 Å². The van der Waals surface area contributed by atoms with Gasteiger partial charge in [-0.05, 0) is 32.3 Å². The fraction of sp³-hybridized carbons (Fsp3) is 0.538. The van der Waals surface area contributed by atoms with Gasteiger partial charge in [-0.3, -0.25) is 0 Å². The number of benzene rings is 1. The molecule has 2 nitrogen and oxygen atoms in total. The molecule has 3 heteroatoms. The minimum absolute atomic E-state index is 0.176. The molecule has 88 valence electrons. The minimum atomic E-state index is -0.652. The predicted octanol–water partition coefficient (Wildman–Crippen LogP) is 2.57. The Kier molecular flexibility index (Phi) is 3.26. The summed E-state index contributed by atoms with van der Waals surface area (Å²) in [5.41, 5.74) is 6.12. The molecule has 1 aromatic rings. The minimum Gasteiger partial charge on any atom is -0.378 e. The fourth-order valence-electron chi connectivity index (χ4n) is 2.31. The molecule has 0 spiro atoms. The van der Waals surface area contributed by atoms with Gasteiger partial charge in [0.05, 0.1) is 6.10 Å². The van der Waals surface area contributed by atoms with E-state index < -0.39 is 5.54 Å². The number of rotatable bonds is 3. The number of halogens is 1. The van der Waals surface area contributed by atoms with E-state index in [1.54, 1.807) is 12.1 Å². The lowest BCUT2D eigenvalue weighted by molar-refractivity contribution is 0.0850. The van der Waals surface area contributed by atoms with Gasteiger partial charge in [-0.2, -0.15) is 0 Å². The van der Waals surface area contributed by atoms with Crippen LogP contribution in [0.5, 0.6) is 0 Å². The SMILES string of the molecule is CC(N)(CC1CCCO1)c1ccccc1F. The Hall–Kier alpha value is -0.930. The third kappa shape index (κ3) is 2.42. The van der Waals surface area contributed by atoms with Crippen molar-refractivity contribution < 1.29 is 9.13 Å². The molecule has 2 unspecified atom stereocenters. The van der Waals surface area contributed by atoms with E-state index in [4.69, 9.17) is 10.5 Å². The summed E-state index contributed by atoms with van der Waals surface area (Å²) < 4.78 is 19.2. The van der Waals surface area contributed by atoms with Gasteiger partial charge in [0.15, 0.2) is 0 Å². The topological polar surface area (TPSA) is 35.2 Å². The van der Waals surface area contributed by atoms with Crippen molar-refractivity contribution in [1.29, 1.82) is 0 Å². The zero-order chi connectivity index (χ0) is 11.6. The van der Waals surface area contributed by atoms with Crippen LogP contribution in [0.15, 0.2) is 24.3 Å². The fourth-order valence-corrected chi connectivity index (χ4v) is 2.31. The van der Waals surface area contributed by atoms with Crippen molar-refractivity contribution in [2.75, 3.05) is 6.61 Å². The molecule has 2 rings (SSSR count). The number of hydrogen-bond acceptors (Lipinski definition) is 2. The van der Waals surface area contributed by atoms with Crippen LogP contribution >= 0.6 is 0 Å². The lowest BCUT2D eigenvalue weighted by Crippen LogP contribution is -2.37. The van der Waals surface area contributed by atoms with Gasteiger partial charge < -0.3 is 10.5 Å². The Morgan fingerprint density at radius 2 is 2.25 bits per heavy atom. The van der Waals surface area contributed by atoms with Crippen molar-refractivity contribution in [3.63, 3.8) is 0 Å². The Morgan fingerprint density at radius 3 is 2.88 bits per heavy atom. The monoisotopic (exact) mass is 223 g/mol. The van der Waals surface area contributed by atoms with E-state index >= 15 is 0 Å². The summed E-state index contributed by atoms with van der Waals surface area (Å²) >= 11 is 0. The molecule has 16 heavy (non-hydrogen) atoms. The van der Waals surface area contributed by atoms with Crippen molar-refractivity contribution in [1.82, 2.24) is 0 Å². The summed E-state index contributed by atoms with van der Waals surface area (Å²) in [6.07, 6.45) is 2.96. The maximum absolute atomic E-state index is 13.6. The Balaban J connectivity index is 2.14. The Bertz CT molecular complexity index is 359. The Labute approximate surface area is 95.6 Å². The van der Waals surface area contributed by atoms with Gasteiger partial charge >= 0.3 is 0 Å². The van der Waals surface area contributed by atoms with Gasteiger partial charge in [-0.25, -0.2) is 4.39 Å². The highest BCUT2D eigenvalue weighted by molar-refractivity contribution is 5.25. The van der Waals surface area contributed by atoms with E-state index in [1.807, 2.05) is 13.0 Å². The summed E-state index contributed by atoms with van der Waals surface area (Å²) in [4.78, 5) is 0. The molecule has 2 atom stereocenters. The van der Waals surface area contributed by atoms with Gasteiger partial charge in [0, 0.05) is 17.7 Å². The van der Waals surface area contributed by atoms with E-state index in [1.165, 1.54) is 6.07 Å². The van der Waals surface area contributed by atoms with Crippen molar-refractivity contribution >= 4 is 0 Å². The molecular weight excluding hydrogens is 205 g/mol. The maximum atomic E-state index is 13.6. The van der Waals surface area contributed by atoms with Gasteiger partial charge in [-0.15, -0.1) is 0 Å². The van der Waals surface area contributed by atoms with Gasteiger partial charge in [0.25, 0.3) is 0 Å². The van der Waals surface area contributed by atoms with Gasteiger partial charge in [0.2, 0.25) is 0 Å². The summed E-state index contributed by atoms with van der Waals surface area (Å²) in [6.45, 7) is 2.67. The standard InChI is InChI=1S/C13H18FNO/c1-13(15,9-10-5-4-8-16-10)11-6-2-3-7-12(11)14/h2-3,6-7,10H,4-5,8-9,15H2,1H3. The van der Waals surface area contributed by atoms with E-state index in [0.717, 1.165) is 19.4 Å². The van der Waals surface area contributed by atoms with Crippen LogP contribution in [0.25, 0.3) is 0 Å². The predicted molar refractivity (Wildman–Crippen MR) is 61.5 cm³/mol. The molecule has 0 bridgehead atoms. The average molecular weight is 223 g/mol. The van der Waals surface area contributed by atoms with Crippen LogP contribution in [0, 0.1) is 5.82 Å². The highest BCUT2D eigenvalue weighted by atomic mass is 19.1. The van der Waals surface area contributed by atoms with Crippen LogP contribution < -0.4 is 5.73 Å². The number of nitrogens with two attached hydrogens (primary N) is 1. The summed E-state index contributed by atoms with van der Waals surface area (Å²) in [5, 5.41) is 0. The molecule has 1 aromatic carbocycles. The Morgan fingerprint density at radius 1 is 1.50 bits per heavy atom. The third-order valence-electron chi connectivity index (χ3n) is 3.16. The summed E-state index contributed by atoms with van der Waals surface area (Å²) in [6, 6.07) is 6.71. The van der Waals surface area contributed by atoms with Crippen LogP contribution in [0.4, 0.5) is 4.39 Å². The quantitative estimate of drug-likeness (QED) is 0.854. The zero-order valence-electron chi connectivity index (χ0n) is 9.58. The molecule has 0 saturated carbocycles. The van der Waals surface area contributed by atoms with Gasteiger partial charge in [-0.1, -0.05) is 18.2 Å². The second-order valence-corrected chi connectivity index (χ2v) is 4.74. The van der Waals surface area contributed by atoms with Crippen molar-refractivity contribution in [2.45, 2.75) is 37.8 Å². The van der Waals surface area contributed by atoms with E-state index in [-0.39, 0.29) is 11.9 Å². The van der Waals surface area contributed by atoms with Crippen LogP contribution in [0.3, 0.4) is 0 Å². The molecule has 1 saturated heterocycles. The molecule has 2 N–H and O–H groups in total.